The van der Waals surface area contributed by atoms with E-state index in [1.54, 1.807) is 32.3 Å². The molecule has 0 aliphatic rings. The number of carbonyl (C=O) groups is 2. The number of amides is 1. The summed E-state index contributed by atoms with van der Waals surface area (Å²) in [6.07, 6.45) is 8.14. The lowest BCUT2D eigenvalue weighted by atomic mass is 10.4. The summed E-state index contributed by atoms with van der Waals surface area (Å²) in [5.74, 6) is -0.409. The number of rotatable bonds is 4. The molecule has 0 aromatic heterocycles. The lowest BCUT2D eigenvalue weighted by Gasteiger charge is -2.08. The van der Waals surface area contributed by atoms with E-state index in [-0.39, 0.29) is 5.24 Å². The Morgan fingerprint density at radius 3 is 2.24 bits per heavy atom. The summed E-state index contributed by atoms with van der Waals surface area (Å²) in [7, 11) is 4.71. The highest BCUT2D eigenvalue weighted by atomic mass is 32.2. The summed E-state index contributed by atoms with van der Waals surface area (Å²) in [6, 6.07) is 0. The van der Waals surface area contributed by atoms with Gasteiger partial charge in [-0.25, -0.2) is 4.79 Å². The standard InChI is InChI=1S/C12H17NO3S/c1-5-10(17-12(15)13(2)3)8-6-7-9-11(14)16-4/h5-9H,1-4H3/b8-6+,9-7-,10-5+. The number of thioether (sulfide) groups is 1. The summed E-state index contributed by atoms with van der Waals surface area (Å²) in [5.41, 5.74) is 0. The van der Waals surface area contributed by atoms with Gasteiger partial charge in [0.05, 0.1) is 7.11 Å². The second-order valence-electron chi connectivity index (χ2n) is 3.19. The summed E-state index contributed by atoms with van der Waals surface area (Å²) >= 11 is 1.13. The number of allylic oxidation sites excluding steroid dienone is 4. The fraction of sp³-hybridized carbons (Fsp3) is 0.333. The number of carbonyl (C=O) groups excluding carboxylic acids is 2. The van der Waals surface area contributed by atoms with E-state index < -0.39 is 5.97 Å². The first kappa shape index (κ1) is 15.5. The van der Waals surface area contributed by atoms with E-state index in [0.717, 1.165) is 16.7 Å². The second kappa shape index (κ2) is 8.64. The molecule has 1 amide bonds. The zero-order chi connectivity index (χ0) is 13.3. The Morgan fingerprint density at radius 1 is 1.18 bits per heavy atom. The molecule has 0 aliphatic carbocycles. The number of esters is 1. The fourth-order valence-corrected chi connectivity index (χ4v) is 1.38. The summed E-state index contributed by atoms with van der Waals surface area (Å²) in [6.45, 7) is 1.85. The molecule has 0 aliphatic heterocycles. The van der Waals surface area contributed by atoms with Crippen LogP contribution in [0.2, 0.25) is 0 Å². The zero-order valence-electron chi connectivity index (χ0n) is 10.5. The van der Waals surface area contributed by atoms with Crippen LogP contribution >= 0.6 is 11.8 Å². The third-order valence-corrected chi connectivity index (χ3v) is 2.81. The van der Waals surface area contributed by atoms with Crippen molar-refractivity contribution in [3.05, 3.63) is 35.3 Å². The predicted octanol–water partition coefficient (Wildman–Crippen LogP) is 2.59. The average Bonchev–Trinajstić information content (AvgIpc) is 2.31. The molecule has 0 radical (unpaired) electrons. The number of nitrogens with zero attached hydrogens (tertiary/aromatic N) is 1. The van der Waals surface area contributed by atoms with E-state index in [1.807, 2.05) is 13.0 Å². The largest absolute Gasteiger partial charge is 0.466 e. The van der Waals surface area contributed by atoms with Crippen LogP contribution in [-0.4, -0.2) is 37.3 Å². The van der Waals surface area contributed by atoms with Gasteiger partial charge in [-0.05, 0) is 24.8 Å². The molecule has 4 nitrogen and oxygen atoms in total. The SMILES string of the molecule is C\C=C(/C=C/C=C\C(=O)OC)SC(=O)N(C)C. The molecule has 5 heteroatoms. The van der Waals surface area contributed by atoms with Crippen LogP contribution < -0.4 is 0 Å². The molecule has 0 unspecified atom stereocenters. The van der Waals surface area contributed by atoms with Crippen LogP contribution in [0.3, 0.4) is 0 Å². The van der Waals surface area contributed by atoms with Crippen molar-refractivity contribution in [1.82, 2.24) is 4.90 Å². The van der Waals surface area contributed by atoms with Gasteiger partial charge in [-0.15, -0.1) is 0 Å². The molecule has 0 saturated carbocycles. The Morgan fingerprint density at radius 2 is 1.76 bits per heavy atom. The molecule has 17 heavy (non-hydrogen) atoms. The topological polar surface area (TPSA) is 46.6 Å². The third kappa shape index (κ3) is 7.41. The molecule has 94 valence electrons. The number of ether oxygens (including phenoxy) is 1. The Labute approximate surface area is 106 Å². The molecule has 0 rings (SSSR count). The Bertz CT molecular complexity index is 357. The summed E-state index contributed by atoms with van der Waals surface area (Å²) in [5, 5.41) is -0.0419. The van der Waals surface area contributed by atoms with Gasteiger partial charge >= 0.3 is 5.97 Å². The van der Waals surface area contributed by atoms with Gasteiger partial charge < -0.3 is 9.64 Å². The van der Waals surface area contributed by atoms with E-state index in [1.165, 1.54) is 18.1 Å². The molecule has 0 spiro atoms. The number of hydrogen-bond acceptors (Lipinski definition) is 4. The van der Waals surface area contributed by atoms with Crippen molar-refractivity contribution < 1.29 is 14.3 Å². The third-order valence-electron chi connectivity index (χ3n) is 1.66. The van der Waals surface area contributed by atoms with Crippen LogP contribution in [0.5, 0.6) is 0 Å². The number of methoxy groups -OCH3 is 1. The zero-order valence-corrected chi connectivity index (χ0v) is 11.3. The quantitative estimate of drug-likeness (QED) is 0.440. The van der Waals surface area contributed by atoms with Crippen molar-refractivity contribution in [3.8, 4) is 0 Å². The normalized spacial score (nSPS) is 12.1. The van der Waals surface area contributed by atoms with Crippen molar-refractivity contribution >= 4 is 23.0 Å². The number of hydrogen-bond donors (Lipinski definition) is 0. The smallest absolute Gasteiger partial charge is 0.330 e. The maximum Gasteiger partial charge on any atom is 0.330 e. The van der Waals surface area contributed by atoms with Gasteiger partial charge in [-0.3, -0.25) is 4.79 Å². The van der Waals surface area contributed by atoms with E-state index in [2.05, 4.69) is 4.74 Å². The Hall–Kier alpha value is -1.49. The molecule has 0 N–H and O–H groups in total. The van der Waals surface area contributed by atoms with E-state index in [4.69, 9.17) is 0 Å². The maximum absolute atomic E-state index is 11.4. The van der Waals surface area contributed by atoms with Crippen LogP contribution in [0.1, 0.15) is 6.92 Å². The van der Waals surface area contributed by atoms with Crippen LogP contribution in [0.25, 0.3) is 0 Å². The van der Waals surface area contributed by atoms with Gasteiger partial charge in [-0.2, -0.15) is 0 Å². The minimum absolute atomic E-state index is 0.0419. The predicted molar refractivity (Wildman–Crippen MR) is 70.7 cm³/mol. The van der Waals surface area contributed by atoms with Crippen LogP contribution in [0.4, 0.5) is 4.79 Å². The molecule has 0 aromatic rings. The first-order chi connectivity index (χ1) is 8.01. The lowest BCUT2D eigenvalue weighted by Crippen LogP contribution is -2.16. The van der Waals surface area contributed by atoms with Gasteiger partial charge in [0.1, 0.15) is 0 Å². The molecule has 0 fully saturated rings. The summed E-state index contributed by atoms with van der Waals surface area (Å²) in [4.78, 5) is 24.5. The van der Waals surface area contributed by atoms with Gasteiger partial charge in [0.2, 0.25) is 0 Å². The molecule has 0 bridgehead atoms. The molecule has 0 saturated heterocycles. The van der Waals surface area contributed by atoms with Gasteiger partial charge in [0.25, 0.3) is 5.24 Å². The molecule has 0 heterocycles. The van der Waals surface area contributed by atoms with Gasteiger partial charge in [0, 0.05) is 25.1 Å². The highest BCUT2D eigenvalue weighted by Gasteiger charge is 2.05. The first-order valence-electron chi connectivity index (χ1n) is 4.99. The lowest BCUT2D eigenvalue weighted by molar-refractivity contribution is -0.134. The minimum atomic E-state index is -0.409. The Balaban J connectivity index is 4.33. The van der Waals surface area contributed by atoms with Crippen molar-refractivity contribution in [2.75, 3.05) is 21.2 Å². The maximum atomic E-state index is 11.4. The molecular weight excluding hydrogens is 238 g/mol. The average molecular weight is 255 g/mol. The van der Waals surface area contributed by atoms with Crippen LogP contribution in [0, 0.1) is 0 Å². The van der Waals surface area contributed by atoms with Crippen molar-refractivity contribution in [3.63, 3.8) is 0 Å². The fourth-order valence-electron chi connectivity index (χ4n) is 0.734. The van der Waals surface area contributed by atoms with Crippen molar-refractivity contribution in [2.45, 2.75) is 6.92 Å². The van der Waals surface area contributed by atoms with E-state index in [9.17, 15) is 9.59 Å². The first-order valence-corrected chi connectivity index (χ1v) is 5.81. The minimum Gasteiger partial charge on any atom is -0.466 e. The highest BCUT2D eigenvalue weighted by molar-refractivity contribution is 8.17. The van der Waals surface area contributed by atoms with E-state index >= 15 is 0 Å². The van der Waals surface area contributed by atoms with Crippen LogP contribution in [0.15, 0.2) is 35.3 Å². The molecule has 0 aromatic carbocycles. The van der Waals surface area contributed by atoms with Crippen molar-refractivity contribution in [2.24, 2.45) is 0 Å². The van der Waals surface area contributed by atoms with Crippen LogP contribution in [-0.2, 0) is 9.53 Å². The van der Waals surface area contributed by atoms with Gasteiger partial charge in [-0.1, -0.05) is 18.2 Å². The van der Waals surface area contributed by atoms with Crippen molar-refractivity contribution in [1.29, 1.82) is 0 Å². The Kier molecular flexibility index (Phi) is 7.88. The van der Waals surface area contributed by atoms with E-state index in [0.29, 0.717) is 0 Å². The molecular formula is C12H17NO3S. The van der Waals surface area contributed by atoms with Gasteiger partial charge in [0.15, 0.2) is 0 Å². The summed E-state index contributed by atoms with van der Waals surface area (Å²) < 4.78 is 4.44. The second-order valence-corrected chi connectivity index (χ2v) is 4.22. The highest BCUT2D eigenvalue weighted by Crippen LogP contribution is 2.19. The molecule has 0 atom stereocenters. The monoisotopic (exact) mass is 255 g/mol.